The predicted octanol–water partition coefficient (Wildman–Crippen LogP) is 4.28. The summed E-state index contributed by atoms with van der Waals surface area (Å²) in [6.07, 6.45) is -2.54. The molecule has 128 valence electrons. The van der Waals surface area contributed by atoms with Gasteiger partial charge in [0, 0.05) is 18.2 Å². The topological polar surface area (TPSA) is 46.4 Å². The summed E-state index contributed by atoms with van der Waals surface area (Å²) >= 11 is 0. The summed E-state index contributed by atoms with van der Waals surface area (Å²) in [6.45, 7) is 5.99. The minimum absolute atomic E-state index is 0.158. The number of rotatable bonds is 4. The fourth-order valence-electron chi connectivity index (χ4n) is 3.10. The van der Waals surface area contributed by atoms with Gasteiger partial charge in [-0.25, -0.2) is 0 Å². The second-order valence-electron chi connectivity index (χ2n) is 6.37. The lowest BCUT2D eigenvalue weighted by Crippen LogP contribution is -2.38. The fraction of sp³-hybridized carbons (Fsp3) is 0.625. The molecule has 1 heterocycles. The molecular formula is C16H21F3N2O2. The SMILES string of the molecule is CC(C)N1CCC(Cc2ccc([N+](=O)[O-])cc2C(F)(F)F)CC1. The molecule has 2 rings (SSSR count). The lowest BCUT2D eigenvalue weighted by Gasteiger charge is -2.34. The van der Waals surface area contributed by atoms with Crippen LogP contribution in [0.5, 0.6) is 0 Å². The van der Waals surface area contributed by atoms with Crippen LogP contribution in [-0.4, -0.2) is 29.0 Å². The molecule has 1 aromatic carbocycles. The summed E-state index contributed by atoms with van der Waals surface area (Å²) in [5.41, 5.74) is -1.24. The van der Waals surface area contributed by atoms with Crippen LogP contribution in [-0.2, 0) is 12.6 Å². The van der Waals surface area contributed by atoms with E-state index in [2.05, 4.69) is 18.7 Å². The highest BCUT2D eigenvalue weighted by Gasteiger charge is 2.35. The molecule has 1 saturated heterocycles. The minimum Gasteiger partial charge on any atom is -0.301 e. The van der Waals surface area contributed by atoms with Crippen molar-refractivity contribution in [3.05, 3.63) is 39.4 Å². The van der Waals surface area contributed by atoms with Crippen LogP contribution < -0.4 is 0 Å². The molecule has 0 saturated carbocycles. The first-order valence-electron chi connectivity index (χ1n) is 7.77. The van der Waals surface area contributed by atoms with Crippen LogP contribution >= 0.6 is 0 Å². The minimum atomic E-state index is -4.57. The molecule has 1 aromatic rings. The number of non-ortho nitro benzene ring substituents is 1. The molecule has 0 aliphatic carbocycles. The van der Waals surface area contributed by atoms with Gasteiger partial charge in [0.25, 0.3) is 5.69 Å². The van der Waals surface area contributed by atoms with Crippen LogP contribution in [0.3, 0.4) is 0 Å². The smallest absolute Gasteiger partial charge is 0.301 e. The average Bonchev–Trinajstić information content (AvgIpc) is 2.46. The van der Waals surface area contributed by atoms with Crippen molar-refractivity contribution in [1.82, 2.24) is 4.90 Å². The summed E-state index contributed by atoms with van der Waals surface area (Å²) in [5.74, 6) is 0.188. The van der Waals surface area contributed by atoms with Gasteiger partial charge in [-0.1, -0.05) is 6.07 Å². The Morgan fingerprint density at radius 2 is 1.91 bits per heavy atom. The number of alkyl halides is 3. The third-order valence-electron chi connectivity index (χ3n) is 4.50. The second-order valence-corrected chi connectivity index (χ2v) is 6.37. The Bertz CT molecular complexity index is 565. The van der Waals surface area contributed by atoms with Gasteiger partial charge in [0.15, 0.2) is 0 Å². The second kappa shape index (κ2) is 6.86. The molecule has 0 unspecified atom stereocenters. The normalized spacial score (nSPS) is 17.7. The zero-order valence-electron chi connectivity index (χ0n) is 13.3. The van der Waals surface area contributed by atoms with Crippen molar-refractivity contribution < 1.29 is 18.1 Å². The molecule has 7 heteroatoms. The van der Waals surface area contributed by atoms with Crippen molar-refractivity contribution in [2.75, 3.05) is 13.1 Å². The van der Waals surface area contributed by atoms with Gasteiger partial charge in [0.05, 0.1) is 10.5 Å². The van der Waals surface area contributed by atoms with Crippen LogP contribution in [0, 0.1) is 16.0 Å². The molecular weight excluding hydrogens is 309 g/mol. The van der Waals surface area contributed by atoms with Crippen LogP contribution in [0.2, 0.25) is 0 Å². The number of hydrogen-bond donors (Lipinski definition) is 0. The van der Waals surface area contributed by atoms with Gasteiger partial charge in [-0.05, 0) is 57.7 Å². The molecule has 1 aliphatic rings. The Kier molecular flexibility index (Phi) is 5.29. The van der Waals surface area contributed by atoms with Crippen molar-refractivity contribution >= 4 is 5.69 Å². The number of nitro benzene ring substituents is 1. The third kappa shape index (κ3) is 4.43. The van der Waals surface area contributed by atoms with Gasteiger partial charge in [0.2, 0.25) is 0 Å². The molecule has 0 spiro atoms. The van der Waals surface area contributed by atoms with Gasteiger partial charge in [0.1, 0.15) is 0 Å². The van der Waals surface area contributed by atoms with E-state index in [9.17, 15) is 23.3 Å². The molecule has 0 atom stereocenters. The van der Waals surface area contributed by atoms with Crippen molar-refractivity contribution in [2.24, 2.45) is 5.92 Å². The summed E-state index contributed by atoms with van der Waals surface area (Å²) in [6, 6.07) is 3.52. The monoisotopic (exact) mass is 330 g/mol. The van der Waals surface area contributed by atoms with E-state index in [-0.39, 0.29) is 11.5 Å². The van der Waals surface area contributed by atoms with Crippen molar-refractivity contribution in [2.45, 2.75) is 45.3 Å². The maximum absolute atomic E-state index is 13.2. The molecule has 1 fully saturated rings. The molecule has 0 aromatic heterocycles. The Morgan fingerprint density at radius 1 is 1.30 bits per heavy atom. The van der Waals surface area contributed by atoms with E-state index >= 15 is 0 Å². The first kappa shape index (κ1) is 17.7. The summed E-state index contributed by atoms with van der Waals surface area (Å²) in [5, 5.41) is 10.7. The van der Waals surface area contributed by atoms with E-state index < -0.39 is 22.4 Å². The molecule has 0 amide bonds. The van der Waals surface area contributed by atoms with E-state index in [1.807, 2.05) is 0 Å². The van der Waals surface area contributed by atoms with Gasteiger partial charge in [-0.2, -0.15) is 13.2 Å². The highest BCUT2D eigenvalue weighted by Crippen LogP contribution is 2.36. The highest BCUT2D eigenvalue weighted by atomic mass is 19.4. The number of piperidine rings is 1. The van der Waals surface area contributed by atoms with Gasteiger partial charge in [-0.3, -0.25) is 10.1 Å². The molecule has 0 radical (unpaired) electrons. The molecule has 4 nitrogen and oxygen atoms in total. The van der Waals surface area contributed by atoms with Crippen molar-refractivity contribution in [1.29, 1.82) is 0 Å². The Morgan fingerprint density at radius 3 is 2.39 bits per heavy atom. The van der Waals surface area contributed by atoms with Crippen LogP contribution in [0.4, 0.5) is 18.9 Å². The lowest BCUT2D eigenvalue weighted by molar-refractivity contribution is -0.385. The fourth-order valence-corrected chi connectivity index (χ4v) is 3.10. The number of likely N-dealkylation sites (tertiary alicyclic amines) is 1. The van der Waals surface area contributed by atoms with E-state index in [4.69, 9.17) is 0 Å². The standard InChI is InChI=1S/C16H21F3N2O2/c1-11(2)20-7-5-12(6-8-20)9-13-3-4-14(21(22)23)10-15(13)16(17,18)19/h3-4,10-12H,5-9H2,1-2H3. The van der Waals surface area contributed by atoms with Gasteiger partial charge in [-0.15, -0.1) is 0 Å². The van der Waals surface area contributed by atoms with E-state index in [1.165, 1.54) is 6.07 Å². The van der Waals surface area contributed by atoms with E-state index in [0.29, 0.717) is 18.5 Å². The number of hydrogen-bond acceptors (Lipinski definition) is 3. The third-order valence-corrected chi connectivity index (χ3v) is 4.50. The molecule has 23 heavy (non-hydrogen) atoms. The van der Waals surface area contributed by atoms with Crippen LogP contribution in [0.1, 0.15) is 37.8 Å². The zero-order chi connectivity index (χ0) is 17.2. The Hall–Kier alpha value is -1.63. The van der Waals surface area contributed by atoms with Crippen LogP contribution in [0.25, 0.3) is 0 Å². The molecule has 0 bridgehead atoms. The molecule has 0 N–H and O–H groups in total. The highest BCUT2D eigenvalue weighted by molar-refractivity contribution is 5.41. The first-order valence-corrected chi connectivity index (χ1v) is 7.77. The summed E-state index contributed by atoms with van der Waals surface area (Å²) < 4.78 is 39.5. The largest absolute Gasteiger partial charge is 0.416 e. The number of nitrogens with zero attached hydrogens (tertiary/aromatic N) is 2. The van der Waals surface area contributed by atoms with Gasteiger partial charge >= 0.3 is 6.18 Å². The number of benzene rings is 1. The van der Waals surface area contributed by atoms with E-state index in [0.717, 1.165) is 32.0 Å². The average molecular weight is 330 g/mol. The summed E-state index contributed by atoms with van der Waals surface area (Å²) in [4.78, 5) is 12.2. The number of nitro groups is 1. The zero-order valence-corrected chi connectivity index (χ0v) is 13.3. The van der Waals surface area contributed by atoms with Crippen molar-refractivity contribution in [3.8, 4) is 0 Å². The maximum Gasteiger partial charge on any atom is 0.416 e. The lowest BCUT2D eigenvalue weighted by atomic mass is 9.87. The predicted molar refractivity (Wildman–Crippen MR) is 81.2 cm³/mol. The van der Waals surface area contributed by atoms with Crippen molar-refractivity contribution in [3.63, 3.8) is 0 Å². The maximum atomic E-state index is 13.2. The first-order chi connectivity index (χ1) is 10.7. The van der Waals surface area contributed by atoms with Crippen LogP contribution in [0.15, 0.2) is 18.2 Å². The summed E-state index contributed by atoms with van der Waals surface area (Å²) in [7, 11) is 0. The van der Waals surface area contributed by atoms with E-state index in [1.54, 1.807) is 0 Å². The molecule has 1 aliphatic heterocycles. The Labute approximate surface area is 133 Å². The quantitative estimate of drug-likeness (QED) is 0.611. The number of halogens is 3. The van der Waals surface area contributed by atoms with Gasteiger partial charge < -0.3 is 4.90 Å². The Balaban J connectivity index is 2.15.